The summed E-state index contributed by atoms with van der Waals surface area (Å²) < 4.78 is 54.3. The van der Waals surface area contributed by atoms with Gasteiger partial charge in [0.2, 0.25) is 0 Å². The second-order valence-electron chi connectivity index (χ2n) is 5.10. The molecule has 1 aliphatic rings. The van der Waals surface area contributed by atoms with Crippen molar-refractivity contribution < 1.29 is 37.3 Å². The van der Waals surface area contributed by atoms with Crippen LogP contribution in [0.3, 0.4) is 0 Å². The number of methoxy groups -OCH3 is 2. The van der Waals surface area contributed by atoms with Crippen LogP contribution >= 0.6 is 0 Å². The number of benzene rings is 1. The molecular weight excluding hydrogens is 331 g/mol. The number of ether oxygens (including phenoxy) is 3. The Morgan fingerprint density at radius 3 is 2.67 bits per heavy atom. The van der Waals surface area contributed by atoms with Crippen molar-refractivity contribution in [3.63, 3.8) is 0 Å². The highest BCUT2D eigenvalue weighted by atomic mass is 19.4. The minimum atomic E-state index is -5.06. The van der Waals surface area contributed by atoms with Crippen LogP contribution in [0.5, 0.6) is 5.75 Å². The summed E-state index contributed by atoms with van der Waals surface area (Å²) in [4.78, 5) is 4.26. The highest BCUT2D eigenvalue weighted by Crippen LogP contribution is 2.40. The van der Waals surface area contributed by atoms with Gasteiger partial charge in [0, 0.05) is 32.8 Å². The molecule has 1 N–H and O–H groups in total. The maximum absolute atomic E-state index is 13.0. The second kappa shape index (κ2) is 7.37. The lowest BCUT2D eigenvalue weighted by Crippen LogP contribution is -2.56. The Balaban J connectivity index is 2.17. The molecule has 0 spiro atoms. The molecule has 0 saturated heterocycles. The molecule has 2 rings (SSSR count). The van der Waals surface area contributed by atoms with Gasteiger partial charge in [-0.05, 0) is 12.1 Å². The van der Waals surface area contributed by atoms with Crippen molar-refractivity contribution in [3.05, 3.63) is 29.8 Å². The van der Waals surface area contributed by atoms with Crippen LogP contribution in [-0.2, 0) is 14.3 Å². The van der Waals surface area contributed by atoms with Gasteiger partial charge in [-0.25, -0.2) is 0 Å². The maximum Gasteiger partial charge on any atom is 0.461 e. The van der Waals surface area contributed by atoms with Gasteiger partial charge >= 0.3 is 12.0 Å². The smallest absolute Gasteiger partial charge is 0.461 e. The molecule has 6 nitrogen and oxygen atoms in total. The highest BCUT2D eigenvalue weighted by Gasteiger charge is 2.67. The normalized spacial score (nSPS) is 23.8. The number of halogens is 3. The Bertz CT molecular complexity index is 593. The van der Waals surface area contributed by atoms with Crippen LogP contribution in [-0.4, -0.2) is 56.3 Å². The van der Waals surface area contributed by atoms with Gasteiger partial charge in [0.25, 0.3) is 0 Å². The SMILES string of the molecule is COCCCOc1cccc(C2=NOC(O)(C(F)(F)F)C2OC)c1. The van der Waals surface area contributed by atoms with Crippen LogP contribution in [0, 0.1) is 0 Å². The van der Waals surface area contributed by atoms with Crippen LogP contribution in [0.15, 0.2) is 29.4 Å². The zero-order valence-corrected chi connectivity index (χ0v) is 13.2. The minimum absolute atomic E-state index is 0.167. The molecular formula is C15H18F3NO5. The van der Waals surface area contributed by atoms with Crippen molar-refractivity contribution in [2.45, 2.75) is 24.5 Å². The van der Waals surface area contributed by atoms with Crippen LogP contribution < -0.4 is 4.74 Å². The van der Waals surface area contributed by atoms with Gasteiger partial charge in [-0.1, -0.05) is 17.3 Å². The Morgan fingerprint density at radius 2 is 2.04 bits per heavy atom. The van der Waals surface area contributed by atoms with E-state index < -0.39 is 18.1 Å². The number of nitrogens with zero attached hydrogens (tertiary/aromatic N) is 1. The summed E-state index contributed by atoms with van der Waals surface area (Å²) >= 11 is 0. The van der Waals surface area contributed by atoms with Gasteiger partial charge in [-0.3, -0.25) is 0 Å². The molecule has 1 aromatic rings. The van der Waals surface area contributed by atoms with Gasteiger partial charge in [-0.15, -0.1) is 0 Å². The Morgan fingerprint density at radius 1 is 1.29 bits per heavy atom. The molecule has 2 unspecified atom stereocenters. The van der Waals surface area contributed by atoms with E-state index in [1.54, 1.807) is 19.2 Å². The van der Waals surface area contributed by atoms with Crippen molar-refractivity contribution in [1.82, 2.24) is 0 Å². The molecule has 1 heterocycles. The second-order valence-corrected chi connectivity index (χ2v) is 5.10. The molecule has 1 aliphatic heterocycles. The molecule has 9 heteroatoms. The predicted molar refractivity (Wildman–Crippen MR) is 77.9 cm³/mol. The standard InChI is InChI=1S/C15H18F3NO5/c1-21-7-4-8-23-11-6-3-5-10(9-11)12-13(22-2)14(20,24-19-12)15(16,17)18/h3,5-6,9,13,20H,4,7-8H2,1-2H3. The molecule has 0 bridgehead atoms. The van der Waals surface area contributed by atoms with Crippen molar-refractivity contribution in [3.8, 4) is 5.75 Å². The molecule has 0 radical (unpaired) electrons. The molecule has 134 valence electrons. The van der Waals surface area contributed by atoms with Crippen molar-refractivity contribution in [1.29, 1.82) is 0 Å². The lowest BCUT2D eigenvalue weighted by atomic mass is 9.99. The molecule has 0 amide bonds. The van der Waals surface area contributed by atoms with Crippen LogP contribution in [0.1, 0.15) is 12.0 Å². The number of oxime groups is 1. The first-order valence-corrected chi connectivity index (χ1v) is 7.13. The van der Waals surface area contributed by atoms with Crippen LogP contribution in [0.25, 0.3) is 0 Å². The number of hydrogen-bond acceptors (Lipinski definition) is 6. The van der Waals surface area contributed by atoms with Gasteiger partial charge in [-0.2, -0.15) is 13.2 Å². The molecule has 0 aliphatic carbocycles. The molecule has 0 fully saturated rings. The zero-order chi connectivity index (χ0) is 17.8. The van der Waals surface area contributed by atoms with Gasteiger partial charge in [0.1, 0.15) is 11.5 Å². The molecule has 2 atom stereocenters. The fourth-order valence-electron chi connectivity index (χ4n) is 2.21. The van der Waals surface area contributed by atoms with Crippen LogP contribution in [0.2, 0.25) is 0 Å². The number of aliphatic hydroxyl groups is 1. The highest BCUT2D eigenvalue weighted by molar-refractivity contribution is 6.05. The van der Waals surface area contributed by atoms with E-state index in [0.717, 1.165) is 7.11 Å². The summed E-state index contributed by atoms with van der Waals surface area (Å²) in [6, 6.07) is 6.28. The van der Waals surface area contributed by atoms with E-state index in [9.17, 15) is 18.3 Å². The average molecular weight is 349 g/mol. The van der Waals surface area contributed by atoms with E-state index in [0.29, 0.717) is 30.9 Å². The minimum Gasteiger partial charge on any atom is -0.493 e. The Labute approximate surface area is 136 Å². The predicted octanol–water partition coefficient (Wildman–Crippen LogP) is 2.10. The van der Waals surface area contributed by atoms with E-state index in [1.165, 1.54) is 12.1 Å². The Hall–Kier alpha value is -1.84. The third-order valence-corrected chi connectivity index (χ3v) is 3.42. The van der Waals surface area contributed by atoms with E-state index in [2.05, 4.69) is 9.99 Å². The lowest BCUT2D eigenvalue weighted by Gasteiger charge is -2.28. The van der Waals surface area contributed by atoms with E-state index >= 15 is 0 Å². The van der Waals surface area contributed by atoms with Gasteiger partial charge < -0.3 is 24.2 Å². The van der Waals surface area contributed by atoms with Gasteiger partial charge in [0.05, 0.1) is 6.61 Å². The molecule has 24 heavy (non-hydrogen) atoms. The van der Waals surface area contributed by atoms with Gasteiger partial charge in [0.15, 0.2) is 6.10 Å². The van der Waals surface area contributed by atoms with Crippen molar-refractivity contribution >= 4 is 5.71 Å². The maximum atomic E-state index is 13.0. The van der Waals surface area contributed by atoms with Crippen molar-refractivity contribution in [2.24, 2.45) is 5.16 Å². The number of rotatable bonds is 7. The fourth-order valence-corrected chi connectivity index (χ4v) is 2.21. The first-order chi connectivity index (χ1) is 11.3. The summed E-state index contributed by atoms with van der Waals surface area (Å²) in [5.41, 5.74) is 0.130. The lowest BCUT2D eigenvalue weighted by molar-refractivity contribution is -0.377. The summed E-state index contributed by atoms with van der Waals surface area (Å²) in [6.07, 6.45) is -6.20. The van der Waals surface area contributed by atoms with Crippen molar-refractivity contribution in [2.75, 3.05) is 27.4 Å². The summed E-state index contributed by atoms with van der Waals surface area (Å²) in [6.45, 7) is 0.922. The third-order valence-electron chi connectivity index (χ3n) is 3.42. The fraction of sp³-hybridized carbons (Fsp3) is 0.533. The summed E-state index contributed by atoms with van der Waals surface area (Å²) in [7, 11) is 2.61. The Kier molecular flexibility index (Phi) is 5.68. The first-order valence-electron chi connectivity index (χ1n) is 7.13. The molecule has 1 aromatic carbocycles. The van der Waals surface area contributed by atoms with Crippen LogP contribution in [0.4, 0.5) is 13.2 Å². The first kappa shape index (κ1) is 18.5. The monoisotopic (exact) mass is 349 g/mol. The summed E-state index contributed by atoms with van der Waals surface area (Å²) in [5, 5.41) is 13.1. The average Bonchev–Trinajstić information content (AvgIpc) is 2.90. The van der Waals surface area contributed by atoms with E-state index in [-0.39, 0.29) is 5.71 Å². The number of hydrogen-bond donors (Lipinski definition) is 1. The topological polar surface area (TPSA) is 69.5 Å². The molecule has 0 aromatic heterocycles. The zero-order valence-electron chi connectivity index (χ0n) is 13.2. The number of alkyl halides is 3. The van der Waals surface area contributed by atoms with E-state index in [4.69, 9.17) is 14.2 Å². The largest absolute Gasteiger partial charge is 0.493 e. The molecule has 0 saturated carbocycles. The van der Waals surface area contributed by atoms with E-state index in [1.807, 2.05) is 0 Å². The third kappa shape index (κ3) is 3.63. The quantitative estimate of drug-likeness (QED) is 0.764. The summed E-state index contributed by atoms with van der Waals surface area (Å²) in [5.74, 6) is -3.07.